The molecular formula is C20H26FN3O. The van der Waals surface area contributed by atoms with Crippen molar-refractivity contribution < 1.29 is 9.50 Å². The van der Waals surface area contributed by atoms with Gasteiger partial charge in [-0.15, -0.1) is 0 Å². The lowest BCUT2D eigenvalue weighted by atomic mass is 9.83. The summed E-state index contributed by atoms with van der Waals surface area (Å²) in [5.74, 6) is -0.218. The molecule has 4 rings (SSSR count). The highest BCUT2D eigenvalue weighted by Gasteiger charge is 2.32. The van der Waals surface area contributed by atoms with Crippen molar-refractivity contribution in [3.63, 3.8) is 0 Å². The SMILES string of the molecule is CC1(CO)CCCN(Cc2nn(-c3ccc(F)cc3)c3c2CCC3)C1. The number of aromatic nitrogens is 2. The van der Waals surface area contributed by atoms with Crippen molar-refractivity contribution >= 4 is 0 Å². The van der Waals surface area contributed by atoms with Crippen LogP contribution in [-0.4, -0.2) is 39.5 Å². The lowest BCUT2D eigenvalue weighted by Gasteiger charge is -2.39. The van der Waals surface area contributed by atoms with Gasteiger partial charge in [-0.05, 0) is 68.5 Å². The van der Waals surface area contributed by atoms with E-state index in [1.807, 2.05) is 4.68 Å². The first-order valence-corrected chi connectivity index (χ1v) is 9.27. The number of likely N-dealkylation sites (tertiary alicyclic amines) is 1. The number of benzene rings is 1. The molecule has 1 aromatic heterocycles. The minimum absolute atomic E-state index is 0.000938. The van der Waals surface area contributed by atoms with Gasteiger partial charge in [-0.25, -0.2) is 9.07 Å². The van der Waals surface area contributed by atoms with Crippen LogP contribution in [0.1, 0.15) is 43.1 Å². The van der Waals surface area contributed by atoms with Crippen LogP contribution in [0.3, 0.4) is 0 Å². The topological polar surface area (TPSA) is 41.3 Å². The molecule has 134 valence electrons. The number of piperidine rings is 1. The molecule has 1 atom stereocenters. The fourth-order valence-corrected chi connectivity index (χ4v) is 4.34. The van der Waals surface area contributed by atoms with Crippen LogP contribution >= 0.6 is 0 Å². The molecule has 0 radical (unpaired) electrons. The van der Waals surface area contributed by atoms with E-state index in [1.165, 1.54) is 23.4 Å². The van der Waals surface area contributed by atoms with Crippen molar-refractivity contribution in [2.24, 2.45) is 5.41 Å². The summed E-state index contributed by atoms with van der Waals surface area (Å²) in [6.07, 6.45) is 5.49. The fourth-order valence-electron chi connectivity index (χ4n) is 4.34. The standard InChI is InChI=1S/C20H26FN3O/c1-20(14-25)10-3-11-23(13-20)12-18-17-4-2-5-19(17)24(22-18)16-8-6-15(21)7-9-16/h6-9,25H,2-5,10-14H2,1H3. The van der Waals surface area contributed by atoms with Crippen LogP contribution in [0.5, 0.6) is 0 Å². The molecule has 2 aromatic rings. The zero-order chi connectivity index (χ0) is 17.4. The maximum absolute atomic E-state index is 13.2. The van der Waals surface area contributed by atoms with Crippen molar-refractivity contribution in [2.75, 3.05) is 19.7 Å². The number of aliphatic hydroxyl groups is 1. The molecule has 1 N–H and O–H groups in total. The summed E-state index contributed by atoms with van der Waals surface area (Å²) in [6, 6.07) is 6.59. The second kappa shape index (κ2) is 6.54. The maximum atomic E-state index is 13.2. The monoisotopic (exact) mass is 343 g/mol. The molecule has 1 aromatic carbocycles. The zero-order valence-electron chi connectivity index (χ0n) is 14.8. The predicted molar refractivity (Wildman–Crippen MR) is 95.3 cm³/mol. The van der Waals surface area contributed by atoms with Crippen molar-refractivity contribution in [3.05, 3.63) is 47.0 Å². The second-order valence-electron chi connectivity index (χ2n) is 7.90. The third-order valence-electron chi connectivity index (χ3n) is 5.70. The van der Waals surface area contributed by atoms with Crippen molar-refractivity contribution in [1.82, 2.24) is 14.7 Å². The van der Waals surface area contributed by atoms with Crippen LogP contribution < -0.4 is 0 Å². The van der Waals surface area contributed by atoms with Gasteiger partial charge < -0.3 is 5.11 Å². The molecule has 2 heterocycles. The minimum Gasteiger partial charge on any atom is -0.396 e. The Kier molecular flexibility index (Phi) is 4.38. The Hall–Kier alpha value is -1.72. The average Bonchev–Trinajstić information content (AvgIpc) is 3.20. The van der Waals surface area contributed by atoms with Gasteiger partial charge in [0.2, 0.25) is 0 Å². The molecule has 1 aliphatic carbocycles. The maximum Gasteiger partial charge on any atom is 0.123 e. The van der Waals surface area contributed by atoms with Crippen LogP contribution in [-0.2, 0) is 19.4 Å². The van der Waals surface area contributed by atoms with Gasteiger partial charge in [0.15, 0.2) is 0 Å². The third-order valence-corrected chi connectivity index (χ3v) is 5.70. The van der Waals surface area contributed by atoms with Crippen LogP contribution in [0.15, 0.2) is 24.3 Å². The number of aliphatic hydroxyl groups excluding tert-OH is 1. The number of hydrogen-bond donors (Lipinski definition) is 1. The quantitative estimate of drug-likeness (QED) is 0.927. The molecule has 5 heteroatoms. The van der Waals surface area contributed by atoms with Crippen LogP contribution in [0.2, 0.25) is 0 Å². The predicted octanol–water partition coefficient (Wildman–Crippen LogP) is 3.09. The Morgan fingerprint density at radius 1 is 1.20 bits per heavy atom. The van der Waals surface area contributed by atoms with Gasteiger partial charge in [0.05, 0.1) is 11.4 Å². The summed E-state index contributed by atoms with van der Waals surface area (Å²) in [6.45, 7) is 5.23. The number of halogens is 1. The van der Waals surface area contributed by atoms with Crippen LogP contribution in [0.4, 0.5) is 4.39 Å². The minimum atomic E-state index is -0.218. The number of rotatable bonds is 4. The number of hydrogen-bond acceptors (Lipinski definition) is 3. The Morgan fingerprint density at radius 2 is 2.00 bits per heavy atom. The van der Waals surface area contributed by atoms with Gasteiger partial charge in [-0.1, -0.05) is 6.92 Å². The van der Waals surface area contributed by atoms with Gasteiger partial charge in [-0.3, -0.25) is 4.90 Å². The van der Waals surface area contributed by atoms with E-state index in [-0.39, 0.29) is 17.8 Å². The Morgan fingerprint density at radius 3 is 2.76 bits per heavy atom. The highest BCUT2D eigenvalue weighted by Crippen LogP contribution is 2.32. The van der Waals surface area contributed by atoms with E-state index in [2.05, 4.69) is 11.8 Å². The molecule has 25 heavy (non-hydrogen) atoms. The molecule has 0 spiro atoms. The number of nitrogens with zero attached hydrogens (tertiary/aromatic N) is 3. The van der Waals surface area contributed by atoms with Gasteiger partial charge in [0.1, 0.15) is 5.82 Å². The number of fused-ring (bicyclic) bond motifs is 1. The molecule has 1 aliphatic heterocycles. The van der Waals surface area contributed by atoms with Crippen molar-refractivity contribution in [2.45, 2.75) is 45.6 Å². The van der Waals surface area contributed by atoms with E-state index in [9.17, 15) is 9.50 Å². The van der Waals surface area contributed by atoms with E-state index < -0.39 is 0 Å². The molecule has 0 saturated carbocycles. The molecular weight excluding hydrogens is 317 g/mol. The average molecular weight is 343 g/mol. The fraction of sp³-hybridized carbons (Fsp3) is 0.550. The van der Waals surface area contributed by atoms with Crippen LogP contribution in [0.25, 0.3) is 5.69 Å². The molecule has 0 amide bonds. The Labute approximate surface area is 148 Å². The van der Waals surface area contributed by atoms with Crippen molar-refractivity contribution in [1.29, 1.82) is 0 Å². The van der Waals surface area contributed by atoms with Gasteiger partial charge in [-0.2, -0.15) is 5.10 Å². The summed E-state index contributed by atoms with van der Waals surface area (Å²) >= 11 is 0. The van der Waals surface area contributed by atoms with Gasteiger partial charge in [0.25, 0.3) is 0 Å². The zero-order valence-corrected chi connectivity index (χ0v) is 14.8. The Bertz CT molecular complexity index is 755. The van der Waals surface area contributed by atoms with E-state index in [0.717, 1.165) is 63.1 Å². The van der Waals surface area contributed by atoms with E-state index >= 15 is 0 Å². The van der Waals surface area contributed by atoms with Crippen molar-refractivity contribution in [3.8, 4) is 5.69 Å². The molecule has 2 aliphatic rings. The Balaban J connectivity index is 1.61. The summed E-state index contributed by atoms with van der Waals surface area (Å²) in [5, 5.41) is 14.6. The van der Waals surface area contributed by atoms with Crippen LogP contribution in [0, 0.1) is 11.2 Å². The lowest BCUT2D eigenvalue weighted by Crippen LogP contribution is -2.43. The highest BCUT2D eigenvalue weighted by atomic mass is 19.1. The third kappa shape index (κ3) is 3.23. The summed E-state index contributed by atoms with van der Waals surface area (Å²) in [5.41, 5.74) is 4.74. The molecule has 0 bridgehead atoms. The van der Waals surface area contributed by atoms with Gasteiger partial charge in [0, 0.05) is 30.8 Å². The smallest absolute Gasteiger partial charge is 0.123 e. The van der Waals surface area contributed by atoms with Gasteiger partial charge >= 0.3 is 0 Å². The van der Waals surface area contributed by atoms with E-state index in [0.29, 0.717) is 0 Å². The van der Waals surface area contributed by atoms with E-state index in [1.54, 1.807) is 12.1 Å². The summed E-state index contributed by atoms with van der Waals surface area (Å²) in [4.78, 5) is 2.43. The molecule has 1 saturated heterocycles. The van der Waals surface area contributed by atoms with E-state index in [4.69, 9.17) is 5.10 Å². The first-order chi connectivity index (χ1) is 12.1. The molecule has 1 fully saturated rings. The second-order valence-corrected chi connectivity index (χ2v) is 7.90. The summed E-state index contributed by atoms with van der Waals surface area (Å²) in [7, 11) is 0. The first-order valence-electron chi connectivity index (χ1n) is 9.27. The lowest BCUT2D eigenvalue weighted by molar-refractivity contribution is 0.0422. The molecule has 4 nitrogen and oxygen atoms in total. The highest BCUT2D eigenvalue weighted by molar-refractivity contribution is 5.40. The molecule has 1 unspecified atom stereocenters. The largest absolute Gasteiger partial charge is 0.396 e. The first kappa shape index (κ1) is 16.7. The summed E-state index contributed by atoms with van der Waals surface area (Å²) < 4.78 is 15.2. The normalized spacial score (nSPS) is 23.8.